The lowest BCUT2D eigenvalue weighted by Crippen LogP contribution is -2.37. The summed E-state index contributed by atoms with van der Waals surface area (Å²) in [7, 11) is 1.26. The predicted molar refractivity (Wildman–Crippen MR) is 70.8 cm³/mol. The molecule has 0 aromatic heterocycles. The third kappa shape index (κ3) is 3.02. The second-order valence-electron chi connectivity index (χ2n) is 4.66. The fourth-order valence-electron chi connectivity index (χ4n) is 1.67. The maximum atomic E-state index is 11.7. The Kier molecular flexibility index (Phi) is 4.49. The van der Waals surface area contributed by atoms with Gasteiger partial charge in [-0.1, -0.05) is 17.7 Å². The first kappa shape index (κ1) is 15.4. The molecule has 1 aromatic carbocycles. The van der Waals surface area contributed by atoms with Gasteiger partial charge in [0.1, 0.15) is 5.02 Å². The molecule has 0 radical (unpaired) electrons. The van der Waals surface area contributed by atoms with Gasteiger partial charge >= 0.3 is 5.97 Å². The molecule has 0 aliphatic rings. The quantitative estimate of drug-likeness (QED) is 0.521. The summed E-state index contributed by atoms with van der Waals surface area (Å²) in [6.07, 6.45) is 0. The van der Waals surface area contributed by atoms with E-state index in [1.54, 1.807) is 19.9 Å². The smallest absolute Gasteiger partial charge is 0.313 e. The molecule has 0 heterocycles. The molecule has 0 bridgehead atoms. The van der Waals surface area contributed by atoms with Gasteiger partial charge in [-0.3, -0.25) is 14.9 Å². The van der Waals surface area contributed by atoms with Crippen molar-refractivity contribution in [3.63, 3.8) is 0 Å². The first-order valence-corrected chi connectivity index (χ1v) is 5.87. The summed E-state index contributed by atoms with van der Waals surface area (Å²) in [5.74, 6) is -0.488. The van der Waals surface area contributed by atoms with Crippen LogP contribution in [-0.4, -0.2) is 18.0 Å². The van der Waals surface area contributed by atoms with Crippen LogP contribution in [0.5, 0.6) is 0 Å². The lowest BCUT2D eigenvalue weighted by atomic mass is 9.81. The number of nitro groups is 1. The first-order valence-electron chi connectivity index (χ1n) is 5.49. The largest absolute Gasteiger partial charge is 0.469 e. The second-order valence-corrected chi connectivity index (χ2v) is 5.07. The van der Waals surface area contributed by atoms with Crippen molar-refractivity contribution in [2.75, 3.05) is 7.11 Å². The van der Waals surface area contributed by atoms with E-state index in [2.05, 4.69) is 4.74 Å². The van der Waals surface area contributed by atoms with Crippen molar-refractivity contribution in [2.24, 2.45) is 11.1 Å². The minimum Gasteiger partial charge on any atom is -0.469 e. The number of hydrogen-bond donors (Lipinski definition) is 1. The number of methoxy groups -OCH3 is 1. The van der Waals surface area contributed by atoms with Crippen LogP contribution in [-0.2, 0) is 9.53 Å². The second kappa shape index (κ2) is 5.54. The van der Waals surface area contributed by atoms with E-state index in [0.717, 1.165) is 0 Å². The molecular formula is C12H15ClN2O4. The molecule has 1 rings (SSSR count). The Balaban J connectivity index is 3.20. The summed E-state index contributed by atoms with van der Waals surface area (Å²) in [6.45, 7) is 3.23. The first-order chi connectivity index (χ1) is 8.71. The molecule has 1 atom stereocenters. The molecular weight excluding hydrogens is 272 g/mol. The zero-order valence-corrected chi connectivity index (χ0v) is 11.6. The van der Waals surface area contributed by atoms with Crippen LogP contribution < -0.4 is 5.73 Å². The van der Waals surface area contributed by atoms with Crippen LogP contribution in [0.1, 0.15) is 25.5 Å². The Hall–Kier alpha value is -1.66. The van der Waals surface area contributed by atoms with Gasteiger partial charge in [0.15, 0.2) is 0 Å². The molecule has 0 fully saturated rings. The van der Waals surface area contributed by atoms with Gasteiger partial charge in [-0.15, -0.1) is 0 Å². The van der Waals surface area contributed by atoms with Gasteiger partial charge in [-0.2, -0.15) is 0 Å². The minimum absolute atomic E-state index is 0.0248. The highest BCUT2D eigenvalue weighted by atomic mass is 35.5. The number of nitro benzene ring substituents is 1. The molecule has 7 heteroatoms. The Morgan fingerprint density at radius 1 is 1.53 bits per heavy atom. The molecule has 0 saturated heterocycles. The number of hydrogen-bond acceptors (Lipinski definition) is 5. The number of benzene rings is 1. The van der Waals surface area contributed by atoms with Gasteiger partial charge in [0.25, 0.3) is 5.69 Å². The van der Waals surface area contributed by atoms with Crippen LogP contribution in [0.3, 0.4) is 0 Å². The van der Waals surface area contributed by atoms with Crippen molar-refractivity contribution in [1.29, 1.82) is 0 Å². The number of carbonyl (C=O) groups is 1. The van der Waals surface area contributed by atoms with Crippen molar-refractivity contribution in [2.45, 2.75) is 19.9 Å². The fraction of sp³-hybridized carbons (Fsp3) is 0.417. The number of nitrogens with zero attached hydrogens (tertiary/aromatic N) is 1. The number of ether oxygens (including phenoxy) is 1. The number of esters is 1. The van der Waals surface area contributed by atoms with Crippen molar-refractivity contribution < 1.29 is 14.5 Å². The summed E-state index contributed by atoms with van der Waals surface area (Å²) in [5, 5.41) is 10.8. The zero-order chi connectivity index (χ0) is 14.8. The Bertz CT molecular complexity index is 516. The number of carbonyl (C=O) groups excluding carboxylic acids is 1. The Morgan fingerprint density at radius 3 is 2.58 bits per heavy atom. The lowest BCUT2D eigenvalue weighted by molar-refractivity contribution is -0.384. The summed E-state index contributed by atoms with van der Waals surface area (Å²) in [6, 6.07) is 3.49. The van der Waals surface area contributed by atoms with Crippen LogP contribution in [0.25, 0.3) is 0 Å². The van der Waals surface area contributed by atoms with Crippen LogP contribution in [0.15, 0.2) is 18.2 Å². The summed E-state index contributed by atoms with van der Waals surface area (Å²) < 4.78 is 4.68. The molecule has 0 aliphatic carbocycles. The zero-order valence-electron chi connectivity index (χ0n) is 10.8. The summed E-state index contributed by atoms with van der Waals surface area (Å²) in [4.78, 5) is 21.9. The van der Waals surface area contributed by atoms with Gasteiger partial charge in [0.05, 0.1) is 17.4 Å². The highest BCUT2D eigenvalue weighted by Gasteiger charge is 2.37. The van der Waals surface area contributed by atoms with Gasteiger partial charge in [0, 0.05) is 12.1 Å². The molecule has 19 heavy (non-hydrogen) atoms. The van der Waals surface area contributed by atoms with E-state index < -0.39 is 22.3 Å². The highest BCUT2D eigenvalue weighted by molar-refractivity contribution is 6.32. The normalized spacial score (nSPS) is 12.9. The minimum atomic E-state index is -1.00. The molecule has 104 valence electrons. The van der Waals surface area contributed by atoms with Gasteiger partial charge < -0.3 is 10.5 Å². The molecule has 1 aromatic rings. The maximum absolute atomic E-state index is 11.7. The van der Waals surface area contributed by atoms with E-state index in [1.165, 1.54) is 19.2 Å². The van der Waals surface area contributed by atoms with Crippen LogP contribution in [0.4, 0.5) is 5.69 Å². The lowest BCUT2D eigenvalue weighted by Gasteiger charge is -2.28. The Morgan fingerprint density at radius 2 is 2.11 bits per heavy atom. The summed E-state index contributed by atoms with van der Waals surface area (Å²) >= 11 is 5.73. The van der Waals surface area contributed by atoms with Gasteiger partial charge in [-0.25, -0.2) is 0 Å². The highest BCUT2D eigenvalue weighted by Crippen LogP contribution is 2.35. The fourth-order valence-corrected chi connectivity index (χ4v) is 1.86. The molecule has 2 N–H and O–H groups in total. The van der Waals surface area contributed by atoms with Gasteiger partial charge in [-0.05, 0) is 25.5 Å². The average Bonchev–Trinajstić information content (AvgIpc) is 2.36. The van der Waals surface area contributed by atoms with E-state index >= 15 is 0 Å². The van der Waals surface area contributed by atoms with Crippen LogP contribution >= 0.6 is 11.6 Å². The monoisotopic (exact) mass is 286 g/mol. The molecule has 0 amide bonds. The van der Waals surface area contributed by atoms with Crippen LogP contribution in [0.2, 0.25) is 5.02 Å². The van der Waals surface area contributed by atoms with E-state index in [0.29, 0.717) is 5.56 Å². The number of halogens is 1. The molecule has 6 nitrogen and oxygen atoms in total. The maximum Gasteiger partial charge on any atom is 0.313 e. The van der Waals surface area contributed by atoms with Crippen molar-refractivity contribution >= 4 is 23.3 Å². The van der Waals surface area contributed by atoms with E-state index in [9.17, 15) is 14.9 Å². The van der Waals surface area contributed by atoms with E-state index in [4.69, 9.17) is 17.3 Å². The van der Waals surface area contributed by atoms with E-state index in [1.807, 2.05) is 0 Å². The predicted octanol–water partition coefficient (Wildman–Crippen LogP) is 2.45. The van der Waals surface area contributed by atoms with Crippen molar-refractivity contribution in [1.82, 2.24) is 0 Å². The molecule has 0 saturated carbocycles. The van der Waals surface area contributed by atoms with Crippen molar-refractivity contribution in [3.05, 3.63) is 38.9 Å². The molecule has 0 spiro atoms. The third-order valence-electron chi connectivity index (χ3n) is 3.02. The van der Waals surface area contributed by atoms with Crippen LogP contribution in [0, 0.1) is 15.5 Å². The standard InChI is InChI=1S/C12H15ClN2O4/c1-12(2,11(16)19-3)10(14)7-4-5-8(13)9(6-7)15(17)18/h4-6,10H,14H2,1-3H3/t10-/m0/s1. The number of rotatable bonds is 4. The third-order valence-corrected chi connectivity index (χ3v) is 3.33. The van der Waals surface area contributed by atoms with Gasteiger partial charge in [0.2, 0.25) is 0 Å². The number of nitrogens with two attached hydrogens (primary N) is 1. The summed E-state index contributed by atoms with van der Waals surface area (Å²) in [5.41, 5.74) is 5.21. The molecule has 0 aliphatic heterocycles. The average molecular weight is 287 g/mol. The Labute approximate surface area is 115 Å². The van der Waals surface area contributed by atoms with E-state index in [-0.39, 0.29) is 10.7 Å². The molecule has 0 unspecified atom stereocenters. The SMILES string of the molecule is COC(=O)C(C)(C)[C@@H](N)c1ccc(Cl)c([N+](=O)[O-])c1. The van der Waals surface area contributed by atoms with Crippen molar-refractivity contribution in [3.8, 4) is 0 Å². The topological polar surface area (TPSA) is 95.5 Å².